The number of hydrogen-bond acceptors (Lipinski definition) is 1. The van der Waals surface area contributed by atoms with Crippen molar-refractivity contribution in [3.8, 4) is 0 Å². The van der Waals surface area contributed by atoms with Gasteiger partial charge in [-0.25, -0.2) is 0 Å². The summed E-state index contributed by atoms with van der Waals surface area (Å²) in [6.45, 7) is 4.41. The number of aromatic amines is 1. The molecule has 2 N–H and O–H groups in total. The van der Waals surface area contributed by atoms with E-state index in [4.69, 9.17) is 0 Å². The van der Waals surface area contributed by atoms with E-state index in [1.165, 1.54) is 5.56 Å². The molecule has 0 aliphatic rings. The maximum Gasteiger partial charge on any atom is 0.0691 e. The zero-order chi connectivity index (χ0) is 10.1. The van der Waals surface area contributed by atoms with Crippen LogP contribution in [0.1, 0.15) is 30.9 Å². The molecule has 0 aliphatic carbocycles. The normalized spacial score (nSPS) is 11.4. The van der Waals surface area contributed by atoms with Crippen LogP contribution in [-0.2, 0) is 6.61 Å². The lowest BCUT2D eigenvalue weighted by molar-refractivity contribution is 0.282. The van der Waals surface area contributed by atoms with Gasteiger partial charge in [-0.15, -0.1) is 0 Å². The lowest BCUT2D eigenvalue weighted by Crippen LogP contribution is -1.96. The monoisotopic (exact) mass is 189 g/mol. The predicted octanol–water partition coefficient (Wildman–Crippen LogP) is 2.78. The molecule has 2 nitrogen and oxygen atoms in total. The van der Waals surface area contributed by atoms with E-state index in [2.05, 4.69) is 31.0 Å². The lowest BCUT2D eigenvalue weighted by Gasteiger charge is -2.11. The summed E-state index contributed by atoms with van der Waals surface area (Å²) in [5.41, 5.74) is 3.39. The molecule has 0 bridgehead atoms. The molecule has 2 aromatic rings. The van der Waals surface area contributed by atoms with E-state index in [1.54, 1.807) is 0 Å². The molecular weight excluding hydrogens is 174 g/mol. The Kier molecular flexibility index (Phi) is 2.30. The molecule has 14 heavy (non-hydrogen) atoms. The smallest absolute Gasteiger partial charge is 0.0691 e. The van der Waals surface area contributed by atoms with Crippen LogP contribution in [-0.4, -0.2) is 10.1 Å². The second kappa shape index (κ2) is 3.46. The molecule has 1 heterocycles. The van der Waals surface area contributed by atoms with E-state index in [1.807, 2.05) is 12.3 Å². The van der Waals surface area contributed by atoms with E-state index in [0.717, 1.165) is 16.5 Å². The molecule has 0 unspecified atom stereocenters. The second-order valence-electron chi connectivity index (χ2n) is 3.89. The Hall–Kier alpha value is -1.28. The molecule has 0 fully saturated rings. The first-order valence-corrected chi connectivity index (χ1v) is 4.93. The van der Waals surface area contributed by atoms with Crippen LogP contribution in [0.15, 0.2) is 24.4 Å². The minimum Gasteiger partial charge on any atom is -0.392 e. The number of aromatic nitrogens is 1. The summed E-state index contributed by atoms with van der Waals surface area (Å²) in [5.74, 6) is 0.455. The molecular formula is C12H15NO. The number of benzene rings is 1. The van der Waals surface area contributed by atoms with Gasteiger partial charge >= 0.3 is 0 Å². The molecule has 0 saturated heterocycles. The minimum atomic E-state index is 0.114. The highest BCUT2D eigenvalue weighted by atomic mass is 16.3. The Bertz CT molecular complexity index is 443. The summed E-state index contributed by atoms with van der Waals surface area (Å²) in [6.07, 6.45) is 1.91. The number of rotatable bonds is 2. The molecule has 2 heteroatoms. The van der Waals surface area contributed by atoms with Gasteiger partial charge in [-0.1, -0.05) is 19.9 Å². The average molecular weight is 189 g/mol. The van der Waals surface area contributed by atoms with Gasteiger partial charge < -0.3 is 10.1 Å². The molecule has 2 rings (SSSR count). The van der Waals surface area contributed by atoms with Gasteiger partial charge in [-0.3, -0.25) is 0 Å². The highest BCUT2D eigenvalue weighted by molar-refractivity contribution is 5.84. The maximum absolute atomic E-state index is 9.37. The summed E-state index contributed by atoms with van der Waals surface area (Å²) in [6, 6.07) is 6.19. The van der Waals surface area contributed by atoms with Gasteiger partial charge in [0.05, 0.1) is 6.61 Å². The van der Waals surface area contributed by atoms with E-state index in [-0.39, 0.29) is 6.61 Å². The summed E-state index contributed by atoms with van der Waals surface area (Å²) in [7, 11) is 0. The van der Waals surface area contributed by atoms with Crippen molar-refractivity contribution >= 4 is 10.9 Å². The molecule has 74 valence electrons. The number of fused-ring (bicyclic) bond motifs is 1. The van der Waals surface area contributed by atoms with Crippen molar-refractivity contribution in [2.75, 3.05) is 0 Å². The number of hydrogen-bond donors (Lipinski definition) is 2. The van der Waals surface area contributed by atoms with Gasteiger partial charge in [0.15, 0.2) is 0 Å². The van der Waals surface area contributed by atoms with Crippen LogP contribution >= 0.6 is 0 Å². The Morgan fingerprint density at radius 2 is 2.07 bits per heavy atom. The van der Waals surface area contributed by atoms with E-state index in [9.17, 15) is 5.11 Å². The molecule has 0 aliphatic heterocycles. The Labute approximate surface area is 83.6 Å². The van der Waals surface area contributed by atoms with Crippen molar-refractivity contribution < 1.29 is 5.11 Å². The first-order chi connectivity index (χ1) is 6.74. The van der Waals surface area contributed by atoms with E-state index >= 15 is 0 Å². The van der Waals surface area contributed by atoms with Crippen LogP contribution in [0.2, 0.25) is 0 Å². The highest BCUT2D eigenvalue weighted by Gasteiger charge is 2.09. The Balaban J connectivity index is 2.72. The number of aliphatic hydroxyl groups excluding tert-OH is 1. The third kappa shape index (κ3) is 1.32. The van der Waals surface area contributed by atoms with E-state index < -0.39 is 0 Å². The summed E-state index contributed by atoms with van der Waals surface area (Å²) < 4.78 is 0. The van der Waals surface area contributed by atoms with Crippen molar-refractivity contribution in [3.05, 3.63) is 35.5 Å². The molecule has 0 radical (unpaired) electrons. The average Bonchev–Trinajstić information content (AvgIpc) is 2.63. The van der Waals surface area contributed by atoms with Crippen LogP contribution in [0.25, 0.3) is 10.9 Å². The Morgan fingerprint density at radius 1 is 1.29 bits per heavy atom. The number of H-pyrrole nitrogens is 1. The fraction of sp³-hybridized carbons (Fsp3) is 0.333. The third-order valence-electron chi connectivity index (χ3n) is 2.66. The molecule has 0 atom stereocenters. The standard InChI is InChI=1S/C12H15NO/c1-8(2)9-3-4-12-10(5-6-13-12)11(9)7-14/h3-6,8,13-14H,7H2,1-2H3. The second-order valence-corrected chi connectivity index (χ2v) is 3.89. The summed E-state index contributed by atoms with van der Waals surface area (Å²) in [5, 5.41) is 10.5. The molecule has 1 aromatic heterocycles. The van der Waals surface area contributed by atoms with Crippen molar-refractivity contribution in [3.63, 3.8) is 0 Å². The van der Waals surface area contributed by atoms with Gasteiger partial charge in [0, 0.05) is 17.1 Å². The Morgan fingerprint density at radius 3 is 2.71 bits per heavy atom. The maximum atomic E-state index is 9.37. The van der Waals surface area contributed by atoms with Crippen LogP contribution in [0.5, 0.6) is 0 Å². The van der Waals surface area contributed by atoms with Gasteiger partial charge in [-0.2, -0.15) is 0 Å². The molecule has 0 amide bonds. The van der Waals surface area contributed by atoms with Gasteiger partial charge in [-0.05, 0) is 29.2 Å². The van der Waals surface area contributed by atoms with Gasteiger partial charge in [0.25, 0.3) is 0 Å². The molecule has 1 aromatic carbocycles. The SMILES string of the molecule is CC(C)c1ccc2[nH]ccc2c1CO. The van der Waals surface area contributed by atoms with E-state index in [0.29, 0.717) is 5.92 Å². The van der Waals surface area contributed by atoms with Crippen molar-refractivity contribution in [2.45, 2.75) is 26.4 Å². The quantitative estimate of drug-likeness (QED) is 0.748. The lowest BCUT2D eigenvalue weighted by atomic mass is 9.95. The van der Waals surface area contributed by atoms with Crippen LogP contribution in [0.4, 0.5) is 0 Å². The fourth-order valence-corrected chi connectivity index (χ4v) is 1.93. The topological polar surface area (TPSA) is 36.0 Å². The number of aliphatic hydroxyl groups is 1. The fourth-order valence-electron chi connectivity index (χ4n) is 1.93. The minimum absolute atomic E-state index is 0.114. The van der Waals surface area contributed by atoms with Gasteiger partial charge in [0.1, 0.15) is 0 Å². The van der Waals surface area contributed by atoms with Gasteiger partial charge in [0.2, 0.25) is 0 Å². The molecule has 0 saturated carbocycles. The molecule has 0 spiro atoms. The van der Waals surface area contributed by atoms with Crippen molar-refractivity contribution in [2.24, 2.45) is 0 Å². The highest BCUT2D eigenvalue weighted by Crippen LogP contribution is 2.26. The first kappa shape index (κ1) is 9.28. The summed E-state index contributed by atoms with van der Waals surface area (Å²) in [4.78, 5) is 3.15. The van der Waals surface area contributed by atoms with Crippen LogP contribution in [0.3, 0.4) is 0 Å². The van der Waals surface area contributed by atoms with Crippen molar-refractivity contribution in [1.29, 1.82) is 0 Å². The zero-order valence-electron chi connectivity index (χ0n) is 8.54. The largest absolute Gasteiger partial charge is 0.392 e. The third-order valence-corrected chi connectivity index (χ3v) is 2.66. The van der Waals surface area contributed by atoms with Crippen LogP contribution in [0, 0.1) is 0 Å². The summed E-state index contributed by atoms with van der Waals surface area (Å²) >= 11 is 0. The predicted molar refractivity (Wildman–Crippen MR) is 58.3 cm³/mol. The van der Waals surface area contributed by atoms with Crippen LogP contribution < -0.4 is 0 Å². The zero-order valence-corrected chi connectivity index (χ0v) is 8.54. The first-order valence-electron chi connectivity index (χ1n) is 4.93. The number of nitrogens with one attached hydrogen (secondary N) is 1. The van der Waals surface area contributed by atoms with Crippen molar-refractivity contribution in [1.82, 2.24) is 4.98 Å².